The molecule has 0 atom stereocenters. The van der Waals surface area contributed by atoms with Crippen LogP contribution in [0.15, 0.2) is 36.7 Å². The van der Waals surface area contributed by atoms with E-state index >= 15 is 0 Å². The topological polar surface area (TPSA) is 50.2 Å². The lowest BCUT2D eigenvalue weighted by atomic mass is 10.2. The summed E-state index contributed by atoms with van der Waals surface area (Å²) in [5, 5.41) is 2.81. The zero-order chi connectivity index (χ0) is 13.9. The van der Waals surface area contributed by atoms with Crippen LogP contribution in [-0.2, 0) is 6.54 Å². The number of aromatic nitrogens is 2. The minimum atomic E-state index is 0.0286. The highest BCUT2D eigenvalue weighted by Crippen LogP contribution is 2.19. The van der Waals surface area contributed by atoms with Crippen molar-refractivity contribution in [1.29, 1.82) is 0 Å². The lowest BCUT2D eigenvalue weighted by Gasteiger charge is -2.15. The molecule has 0 bridgehead atoms. The molecule has 1 aliphatic heterocycles. The summed E-state index contributed by atoms with van der Waals surface area (Å²) in [6.07, 6.45) is 3.77. The molecule has 0 aliphatic carbocycles. The molecule has 2 heterocycles. The molecule has 1 aromatic heterocycles. The van der Waals surface area contributed by atoms with Gasteiger partial charge in [0, 0.05) is 47.7 Å². The van der Waals surface area contributed by atoms with Crippen LogP contribution in [0.5, 0.6) is 0 Å². The molecule has 20 heavy (non-hydrogen) atoms. The second-order valence-electron chi connectivity index (χ2n) is 4.67. The Labute approximate surface area is 131 Å². The molecule has 0 spiro atoms. The van der Waals surface area contributed by atoms with Crippen molar-refractivity contribution >= 4 is 28.6 Å². The van der Waals surface area contributed by atoms with Gasteiger partial charge >= 0.3 is 6.03 Å². The minimum Gasteiger partial charge on any atom is -0.336 e. The maximum Gasteiger partial charge on any atom is 0.317 e. The zero-order valence-corrected chi connectivity index (χ0v) is 13.1. The highest BCUT2D eigenvalue weighted by atomic mass is 127. The van der Waals surface area contributed by atoms with Crippen molar-refractivity contribution in [3.8, 4) is 11.4 Å². The molecule has 0 radical (unpaired) electrons. The summed E-state index contributed by atoms with van der Waals surface area (Å²) in [4.78, 5) is 17.8. The van der Waals surface area contributed by atoms with Crippen LogP contribution in [0, 0.1) is 3.57 Å². The van der Waals surface area contributed by atoms with Gasteiger partial charge < -0.3 is 14.8 Å². The van der Waals surface area contributed by atoms with Crippen LogP contribution in [-0.4, -0.2) is 40.1 Å². The number of urea groups is 1. The van der Waals surface area contributed by atoms with Gasteiger partial charge in [0.1, 0.15) is 5.82 Å². The summed E-state index contributed by atoms with van der Waals surface area (Å²) >= 11 is 2.30. The van der Waals surface area contributed by atoms with E-state index in [1.807, 2.05) is 17.2 Å². The van der Waals surface area contributed by atoms with Gasteiger partial charge in [0.25, 0.3) is 0 Å². The van der Waals surface area contributed by atoms with E-state index in [1.54, 1.807) is 6.20 Å². The van der Waals surface area contributed by atoms with Crippen LogP contribution < -0.4 is 5.32 Å². The van der Waals surface area contributed by atoms with Gasteiger partial charge in [-0.1, -0.05) is 12.1 Å². The first-order valence-electron chi connectivity index (χ1n) is 6.54. The van der Waals surface area contributed by atoms with Gasteiger partial charge in [-0.15, -0.1) is 0 Å². The quantitative estimate of drug-likeness (QED) is 0.825. The van der Waals surface area contributed by atoms with E-state index in [1.165, 1.54) is 3.57 Å². The van der Waals surface area contributed by atoms with E-state index in [9.17, 15) is 4.79 Å². The largest absolute Gasteiger partial charge is 0.336 e. The second kappa shape index (κ2) is 5.82. The number of carbonyl (C=O) groups excluding carboxylic acids is 1. The molecule has 0 unspecified atom stereocenters. The number of rotatable bonds is 4. The molecule has 6 heteroatoms. The molecular weight excluding hydrogens is 367 g/mol. The number of imidazole rings is 1. The Morgan fingerprint density at radius 1 is 1.35 bits per heavy atom. The molecule has 0 saturated carbocycles. The van der Waals surface area contributed by atoms with E-state index in [0.717, 1.165) is 31.0 Å². The Hall–Kier alpha value is -1.57. The number of nitrogens with zero attached hydrogens (tertiary/aromatic N) is 3. The summed E-state index contributed by atoms with van der Waals surface area (Å²) in [5.74, 6) is 0.947. The molecule has 1 aromatic carbocycles. The summed E-state index contributed by atoms with van der Waals surface area (Å²) in [6.45, 7) is 2.99. The molecule has 2 amide bonds. The number of nitrogens with one attached hydrogen (secondary N) is 1. The number of benzene rings is 1. The summed E-state index contributed by atoms with van der Waals surface area (Å²) in [6, 6.07) is 8.29. The van der Waals surface area contributed by atoms with Crippen molar-refractivity contribution in [2.75, 3.05) is 19.6 Å². The summed E-state index contributed by atoms with van der Waals surface area (Å²) in [5.41, 5.74) is 1.10. The monoisotopic (exact) mass is 382 g/mol. The van der Waals surface area contributed by atoms with Gasteiger partial charge in [-0.25, -0.2) is 9.78 Å². The molecular formula is C14H15IN4O. The standard InChI is InChI=1S/C14H15IN4O/c15-12-3-1-2-11(10-12)13-16-4-6-18(13)8-9-19-7-5-17-14(19)20/h1-4,6,10H,5,7-9H2,(H,17,20). The Balaban J connectivity index is 1.75. The third kappa shape index (κ3) is 2.79. The van der Waals surface area contributed by atoms with Crippen LogP contribution >= 0.6 is 22.6 Å². The molecule has 1 fully saturated rings. The average Bonchev–Trinajstić information content (AvgIpc) is 3.05. The molecule has 5 nitrogen and oxygen atoms in total. The number of amides is 2. The van der Waals surface area contributed by atoms with Gasteiger partial charge in [0.2, 0.25) is 0 Å². The molecule has 104 valence electrons. The van der Waals surface area contributed by atoms with Crippen molar-refractivity contribution in [3.63, 3.8) is 0 Å². The fourth-order valence-corrected chi connectivity index (χ4v) is 2.87. The molecule has 3 rings (SSSR count). The van der Waals surface area contributed by atoms with Crippen LogP contribution in [0.4, 0.5) is 4.79 Å². The van der Waals surface area contributed by atoms with Crippen LogP contribution in [0.2, 0.25) is 0 Å². The van der Waals surface area contributed by atoms with Crippen molar-refractivity contribution < 1.29 is 4.79 Å². The molecule has 1 saturated heterocycles. The molecule has 2 aromatic rings. The highest BCUT2D eigenvalue weighted by molar-refractivity contribution is 14.1. The Morgan fingerprint density at radius 3 is 3.00 bits per heavy atom. The summed E-state index contributed by atoms with van der Waals surface area (Å²) in [7, 11) is 0. The van der Waals surface area contributed by atoms with Crippen molar-refractivity contribution in [2.45, 2.75) is 6.54 Å². The fraction of sp³-hybridized carbons (Fsp3) is 0.286. The fourth-order valence-electron chi connectivity index (χ4n) is 2.33. The van der Waals surface area contributed by atoms with Crippen molar-refractivity contribution in [3.05, 3.63) is 40.2 Å². The number of halogens is 1. The van der Waals surface area contributed by atoms with E-state index in [4.69, 9.17) is 0 Å². The van der Waals surface area contributed by atoms with E-state index in [2.05, 4.69) is 55.7 Å². The van der Waals surface area contributed by atoms with E-state index < -0.39 is 0 Å². The summed E-state index contributed by atoms with van der Waals surface area (Å²) < 4.78 is 3.28. The predicted molar refractivity (Wildman–Crippen MR) is 85.4 cm³/mol. The number of hydrogen-bond acceptors (Lipinski definition) is 2. The third-order valence-electron chi connectivity index (χ3n) is 3.35. The zero-order valence-electron chi connectivity index (χ0n) is 10.9. The van der Waals surface area contributed by atoms with Crippen molar-refractivity contribution in [2.24, 2.45) is 0 Å². The van der Waals surface area contributed by atoms with E-state index in [0.29, 0.717) is 6.54 Å². The first-order chi connectivity index (χ1) is 9.74. The first-order valence-corrected chi connectivity index (χ1v) is 7.62. The minimum absolute atomic E-state index is 0.0286. The third-order valence-corrected chi connectivity index (χ3v) is 4.03. The predicted octanol–water partition coefficient (Wildman–Crippen LogP) is 2.18. The lowest BCUT2D eigenvalue weighted by Crippen LogP contribution is -2.31. The van der Waals surface area contributed by atoms with Gasteiger partial charge in [0.05, 0.1) is 0 Å². The SMILES string of the molecule is O=C1NCCN1CCn1ccnc1-c1cccc(I)c1. The Kier molecular flexibility index (Phi) is 3.90. The lowest BCUT2D eigenvalue weighted by molar-refractivity contribution is 0.215. The average molecular weight is 382 g/mol. The van der Waals surface area contributed by atoms with Crippen LogP contribution in [0.3, 0.4) is 0 Å². The number of hydrogen-bond donors (Lipinski definition) is 1. The maximum absolute atomic E-state index is 11.5. The number of carbonyl (C=O) groups is 1. The van der Waals surface area contributed by atoms with Gasteiger partial charge in [-0.05, 0) is 34.7 Å². The van der Waals surface area contributed by atoms with Crippen LogP contribution in [0.25, 0.3) is 11.4 Å². The van der Waals surface area contributed by atoms with E-state index in [-0.39, 0.29) is 6.03 Å². The van der Waals surface area contributed by atoms with Gasteiger partial charge in [-0.2, -0.15) is 0 Å². The van der Waals surface area contributed by atoms with Crippen LogP contribution in [0.1, 0.15) is 0 Å². The maximum atomic E-state index is 11.5. The molecule has 1 aliphatic rings. The molecule has 1 N–H and O–H groups in total. The van der Waals surface area contributed by atoms with Gasteiger partial charge in [0.15, 0.2) is 0 Å². The van der Waals surface area contributed by atoms with Crippen molar-refractivity contribution in [1.82, 2.24) is 19.8 Å². The normalized spacial score (nSPS) is 14.7. The highest BCUT2D eigenvalue weighted by Gasteiger charge is 2.19. The first kappa shape index (κ1) is 13.4. The second-order valence-corrected chi connectivity index (χ2v) is 5.92. The Morgan fingerprint density at radius 2 is 2.25 bits per heavy atom. The Bertz CT molecular complexity index is 625. The smallest absolute Gasteiger partial charge is 0.317 e. The van der Waals surface area contributed by atoms with Gasteiger partial charge in [-0.3, -0.25) is 0 Å².